The Morgan fingerprint density at radius 2 is 1.93 bits per heavy atom. The highest BCUT2D eigenvalue weighted by Gasteiger charge is 2.31. The maximum Gasteiger partial charge on any atom is 0.263 e. The van der Waals surface area contributed by atoms with Crippen molar-refractivity contribution in [2.75, 3.05) is 13.1 Å². The summed E-state index contributed by atoms with van der Waals surface area (Å²) >= 11 is 0. The average molecular weight is 401 g/mol. The van der Waals surface area contributed by atoms with Gasteiger partial charge >= 0.3 is 0 Å². The maximum atomic E-state index is 13.2. The molecule has 1 fully saturated rings. The third-order valence-electron chi connectivity index (χ3n) is 5.09. The second kappa shape index (κ2) is 7.35. The Morgan fingerprint density at radius 1 is 1.18 bits per heavy atom. The molecule has 28 heavy (non-hydrogen) atoms. The van der Waals surface area contributed by atoms with Gasteiger partial charge in [0.1, 0.15) is 11.7 Å². The Balaban J connectivity index is 1.43. The van der Waals surface area contributed by atoms with Gasteiger partial charge in [0, 0.05) is 18.5 Å². The third-order valence-corrected chi connectivity index (χ3v) is 6.48. The van der Waals surface area contributed by atoms with Crippen LogP contribution in [0.5, 0.6) is 0 Å². The monoisotopic (exact) mass is 401 g/mol. The normalized spacial score (nSPS) is 21.5. The van der Waals surface area contributed by atoms with Gasteiger partial charge in [-0.05, 0) is 42.7 Å². The number of rotatable bonds is 4. The minimum atomic E-state index is -3.58. The fourth-order valence-electron chi connectivity index (χ4n) is 3.75. The van der Waals surface area contributed by atoms with Crippen LogP contribution in [0.1, 0.15) is 36.4 Å². The number of hydrogen-bond donors (Lipinski definition) is 1. The molecule has 1 atom stereocenters. The van der Waals surface area contributed by atoms with Crippen LogP contribution in [0.2, 0.25) is 0 Å². The fraction of sp³-hybridized carbons (Fsp3) is 0.300. The molecule has 4 rings (SSSR count). The van der Waals surface area contributed by atoms with Gasteiger partial charge in [-0.2, -0.15) is 0 Å². The van der Waals surface area contributed by atoms with Crippen molar-refractivity contribution in [2.45, 2.75) is 30.2 Å². The molecule has 2 aromatic carbocycles. The van der Waals surface area contributed by atoms with Crippen molar-refractivity contribution < 1.29 is 17.6 Å². The summed E-state index contributed by atoms with van der Waals surface area (Å²) in [5.74, 6) is -0.0556. The van der Waals surface area contributed by atoms with E-state index in [1.807, 2.05) is 0 Å². The summed E-state index contributed by atoms with van der Waals surface area (Å²) in [7, 11) is -3.58. The van der Waals surface area contributed by atoms with Crippen LogP contribution < -0.4 is 4.72 Å². The van der Waals surface area contributed by atoms with Crippen LogP contribution in [0.25, 0.3) is 0 Å². The van der Waals surface area contributed by atoms with Crippen molar-refractivity contribution in [3.63, 3.8) is 0 Å². The number of carbonyl (C=O) groups excluding carboxylic acids is 1. The van der Waals surface area contributed by atoms with Crippen LogP contribution in [0.15, 0.2) is 58.4 Å². The lowest BCUT2D eigenvalue weighted by Crippen LogP contribution is -2.31. The number of likely N-dealkylation sites (tertiary alicyclic amines) is 1. The highest BCUT2D eigenvalue weighted by molar-refractivity contribution is 7.90. The minimum Gasteiger partial charge on any atom is -0.336 e. The van der Waals surface area contributed by atoms with Crippen LogP contribution in [0.3, 0.4) is 0 Å². The van der Waals surface area contributed by atoms with Gasteiger partial charge in [0.25, 0.3) is 10.0 Å². The van der Waals surface area contributed by atoms with E-state index in [0.717, 1.165) is 18.4 Å². The molecule has 0 aromatic heterocycles. The Labute approximate surface area is 163 Å². The molecule has 0 radical (unpaired) electrons. The van der Waals surface area contributed by atoms with Crippen molar-refractivity contribution in [3.8, 4) is 0 Å². The zero-order valence-corrected chi connectivity index (χ0v) is 16.0. The first-order valence-corrected chi connectivity index (χ1v) is 10.7. The molecule has 0 bridgehead atoms. The van der Waals surface area contributed by atoms with Crippen LogP contribution in [0, 0.1) is 5.82 Å². The lowest BCUT2D eigenvalue weighted by atomic mass is 10.0. The summed E-state index contributed by atoms with van der Waals surface area (Å²) in [5.41, 5.74) is 1.45. The van der Waals surface area contributed by atoms with Gasteiger partial charge in [-0.1, -0.05) is 24.3 Å². The average Bonchev–Trinajstić information content (AvgIpc) is 3.26. The smallest absolute Gasteiger partial charge is 0.263 e. The van der Waals surface area contributed by atoms with Crippen molar-refractivity contribution >= 4 is 21.8 Å². The van der Waals surface area contributed by atoms with Crippen molar-refractivity contribution in [2.24, 2.45) is 4.99 Å². The largest absolute Gasteiger partial charge is 0.336 e. The number of amides is 1. The molecule has 2 heterocycles. The third kappa shape index (κ3) is 3.52. The minimum absolute atomic E-state index is 0.0367. The van der Waals surface area contributed by atoms with Crippen molar-refractivity contribution in [1.29, 1.82) is 0 Å². The highest BCUT2D eigenvalue weighted by Crippen LogP contribution is 2.32. The molecule has 0 spiro atoms. The summed E-state index contributed by atoms with van der Waals surface area (Å²) in [6.45, 7) is 0.852. The predicted molar refractivity (Wildman–Crippen MR) is 103 cm³/mol. The number of fused-ring (bicyclic) bond motifs is 1. The molecule has 1 saturated heterocycles. The van der Waals surface area contributed by atoms with Gasteiger partial charge < -0.3 is 4.90 Å². The Kier molecular flexibility index (Phi) is 4.89. The predicted octanol–water partition coefficient (Wildman–Crippen LogP) is 2.62. The lowest BCUT2D eigenvalue weighted by Gasteiger charge is -2.25. The van der Waals surface area contributed by atoms with E-state index in [0.29, 0.717) is 12.1 Å². The van der Waals surface area contributed by atoms with Crippen LogP contribution in [-0.2, 0) is 14.8 Å². The Bertz CT molecular complexity index is 1030. The molecule has 8 heteroatoms. The van der Waals surface area contributed by atoms with E-state index in [-0.39, 0.29) is 41.5 Å². The van der Waals surface area contributed by atoms with E-state index < -0.39 is 10.0 Å². The number of nitrogens with zero attached hydrogens (tertiary/aromatic N) is 2. The van der Waals surface area contributed by atoms with Crippen LogP contribution in [-0.4, -0.2) is 38.2 Å². The molecular weight excluding hydrogens is 381 g/mol. The van der Waals surface area contributed by atoms with Gasteiger partial charge in [-0.3, -0.25) is 14.5 Å². The number of nitrogens with one attached hydrogen (secondary N) is 1. The number of amidine groups is 1. The molecule has 1 N–H and O–H groups in total. The first-order valence-electron chi connectivity index (χ1n) is 9.17. The Morgan fingerprint density at radius 3 is 2.71 bits per heavy atom. The standard InChI is InChI=1S/C20H20FN3O3S/c21-15-9-7-14(8-10-15)17-5-3-13-24(17)19(25)11-12-22-20-16-4-1-2-6-18(16)28(26,27)23-20/h1-2,4,6-10,17H,3,5,11-13H2,(H,22,23). The van der Waals surface area contributed by atoms with E-state index >= 15 is 0 Å². The fourth-order valence-corrected chi connectivity index (χ4v) is 5.01. The summed E-state index contributed by atoms with van der Waals surface area (Å²) in [4.78, 5) is 19.0. The van der Waals surface area contributed by atoms with E-state index in [2.05, 4.69) is 9.71 Å². The number of aliphatic imine (C=N–C) groups is 1. The van der Waals surface area contributed by atoms with Gasteiger partial charge in [0.2, 0.25) is 5.91 Å². The zero-order valence-electron chi connectivity index (χ0n) is 15.1. The topological polar surface area (TPSA) is 78.8 Å². The first kappa shape index (κ1) is 18.6. The number of carbonyl (C=O) groups is 1. The zero-order chi connectivity index (χ0) is 19.7. The molecule has 2 aliphatic rings. The van der Waals surface area contributed by atoms with E-state index in [4.69, 9.17) is 0 Å². The van der Waals surface area contributed by atoms with Crippen LogP contribution >= 0.6 is 0 Å². The molecule has 2 aromatic rings. The van der Waals surface area contributed by atoms with E-state index in [1.54, 1.807) is 35.2 Å². The summed E-state index contributed by atoms with van der Waals surface area (Å²) < 4.78 is 39.8. The number of hydrogen-bond acceptors (Lipinski definition) is 4. The van der Waals surface area contributed by atoms with Crippen molar-refractivity contribution in [3.05, 3.63) is 65.5 Å². The molecule has 1 amide bonds. The quantitative estimate of drug-likeness (QED) is 0.855. The lowest BCUT2D eigenvalue weighted by molar-refractivity contribution is -0.131. The second-order valence-electron chi connectivity index (χ2n) is 6.88. The first-order chi connectivity index (χ1) is 13.5. The molecule has 1 unspecified atom stereocenters. The molecule has 0 aliphatic carbocycles. The summed E-state index contributed by atoms with van der Waals surface area (Å²) in [5, 5.41) is 0. The molecule has 146 valence electrons. The van der Waals surface area contributed by atoms with Gasteiger partial charge in [-0.15, -0.1) is 0 Å². The van der Waals surface area contributed by atoms with Crippen LogP contribution in [0.4, 0.5) is 4.39 Å². The maximum absolute atomic E-state index is 13.2. The van der Waals surface area contributed by atoms with Gasteiger partial charge in [0.05, 0.1) is 17.5 Å². The summed E-state index contributed by atoms with van der Waals surface area (Å²) in [6.07, 6.45) is 1.93. The molecular formula is C20H20FN3O3S. The second-order valence-corrected chi connectivity index (χ2v) is 8.53. The SMILES string of the molecule is O=C(CCN=C1NS(=O)(=O)c2ccccc21)N1CCCC1c1ccc(F)cc1. The van der Waals surface area contributed by atoms with E-state index in [9.17, 15) is 17.6 Å². The molecule has 6 nitrogen and oxygen atoms in total. The molecule has 0 saturated carbocycles. The molecule has 2 aliphatic heterocycles. The highest BCUT2D eigenvalue weighted by atomic mass is 32.2. The summed E-state index contributed by atoms with van der Waals surface area (Å²) in [6, 6.07) is 12.8. The number of sulfonamides is 1. The van der Waals surface area contributed by atoms with Crippen molar-refractivity contribution in [1.82, 2.24) is 9.62 Å². The Hall–Kier alpha value is -2.74. The number of benzene rings is 2. The number of halogens is 1. The van der Waals surface area contributed by atoms with Gasteiger partial charge in [0.15, 0.2) is 0 Å². The van der Waals surface area contributed by atoms with E-state index in [1.165, 1.54) is 18.2 Å². The van der Waals surface area contributed by atoms with Gasteiger partial charge in [-0.25, -0.2) is 12.8 Å².